The Balaban J connectivity index is 2.48. The molecule has 0 aromatic carbocycles. The van der Waals surface area contributed by atoms with Gasteiger partial charge in [-0.2, -0.15) is 5.10 Å². The number of ether oxygens (including phenoxy) is 1. The molecular formula is C11H13N3O. The predicted molar refractivity (Wildman–Crippen MR) is 57.7 cm³/mol. The van der Waals surface area contributed by atoms with Crippen molar-refractivity contribution in [2.45, 2.75) is 13.3 Å². The number of rotatable bonds is 3. The van der Waals surface area contributed by atoms with Crippen LogP contribution in [0.15, 0.2) is 24.7 Å². The Kier molecular flexibility index (Phi) is 2.67. The molecule has 0 atom stereocenters. The number of nitrogens with one attached hydrogen (secondary N) is 1. The number of hydrogen-bond donors (Lipinski definition) is 1. The number of hydrogen-bond acceptors (Lipinski definition) is 3. The summed E-state index contributed by atoms with van der Waals surface area (Å²) in [6.07, 6.45) is 6.35. The van der Waals surface area contributed by atoms with E-state index in [1.54, 1.807) is 19.5 Å². The second-order valence-electron chi connectivity index (χ2n) is 3.23. The largest absolute Gasteiger partial charge is 0.494 e. The van der Waals surface area contributed by atoms with E-state index < -0.39 is 0 Å². The first-order valence-corrected chi connectivity index (χ1v) is 4.87. The summed E-state index contributed by atoms with van der Waals surface area (Å²) in [5, 5.41) is 6.66. The van der Waals surface area contributed by atoms with Crippen molar-refractivity contribution in [2.75, 3.05) is 7.11 Å². The van der Waals surface area contributed by atoms with E-state index in [0.717, 1.165) is 23.4 Å². The van der Waals surface area contributed by atoms with Crippen molar-refractivity contribution in [1.29, 1.82) is 0 Å². The highest BCUT2D eigenvalue weighted by molar-refractivity contribution is 5.64. The van der Waals surface area contributed by atoms with Crippen LogP contribution >= 0.6 is 0 Å². The highest BCUT2D eigenvalue weighted by Gasteiger charge is 2.08. The SMILES string of the molecule is CCc1cnc(-c2cn[nH]c2)c(OC)c1. The van der Waals surface area contributed by atoms with E-state index >= 15 is 0 Å². The molecule has 78 valence electrons. The molecule has 0 aliphatic rings. The van der Waals surface area contributed by atoms with E-state index in [2.05, 4.69) is 22.1 Å². The summed E-state index contributed by atoms with van der Waals surface area (Å²) in [4.78, 5) is 4.38. The monoisotopic (exact) mass is 203 g/mol. The Hall–Kier alpha value is -1.84. The van der Waals surface area contributed by atoms with Crippen molar-refractivity contribution in [3.8, 4) is 17.0 Å². The first-order chi connectivity index (χ1) is 7.35. The normalized spacial score (nSPS) is 10.3. The van der Waals surface area contributed by atoms with Crippen LogP contribution in [0.5, 0.6) is 5.75 Å². The van der Waals surface area contributed by atoms with E-state index in [-0.39, 0.29) is 0 Å². The van der Waals surface area contributed by atoms with Crippen molar-refractivity contribution < 1.29 is 4.74 Å². The quantitative estimate of drug-likeness (QED) is 0.830. The molecule has 1 N–H and O–H groups in total. The lowest BCUT2D eigenvalue weighted by atomic mass is 10.1. The number of H-pyrrole nitrogens is 1. The Labute approximate surface area is 88.3 Å². The highest BCUT2D eigenvalue weighted by atomic mass is 16.5. The second-order valence-corrected chi connectivity index (χ2v) is 3.23. The average molecular weight is 203 g/mol. The van der Waals surface area contributed by atoms with Crippen molar-refractivity contribution in [2.24, 2.45) is 0 Å². The predicted octanol–water partition coefficient (Wildman–Crippen LogP) is 2.04. The number of methoxy groups -OCH3 is 1. The molecule has 2 aromatic rings. The van der Waals surface area contributed by atoms with Gasteiger partial charge in [0.15, 0.2) is 0 Å². The molecule has 0 aliphatic heterocycles. The lowest BCUT2D eigenvalue weighted by Gasteiger charge is -2.07. The maximum atomic E-state index is 5.31. The van der Waals surface area contributed by atoms with Gasteiger partial charge in [0.05, 0.1) is 13.3 Å². The van der Waals surface area contributed by atoms with Gasteiger partial charge in [0.2, 0.25) is 0 Å². The lowest BCUT2D eigenvalue weighted by molar-refractivity contribution is 0.414. The number of nitrogens with zero attached hydrogens (tertiary/aromatic N) is 2. The summed E-state index contributed by atoms with van der Waals surface area (Å²) in [6.45, 7) is 2.09. The van der Waals surface area contributed by atoms with Gasteiger partial charge in [-0.3, -0.25) is 10.1 Å². The van der Waals surface area contributed by atoms with Gasteiger partial charge in [0, 0.05) is 18.0 Å². The van der Waals surface area contributed by atoms with Gasteiger partial charge >= 0.3 is 0 Å². The van der Waals surface area contributed by atoms with Crippen LogP contribution in [0.2, 0.25) is 0 Å². The fraction of sp³-hybridized carbons (Fsp3) is 0.273. The van der Waals surface area contributed by atoms with Gasteiger partial charge in [-0.15, -0.1) is 0 Å². The van der Waals surface area contributed by atoms with Crippen LogP contribution in [-0.2, 0) is 6.42 Å². The van der Waals surface area contributed by atoms with Crippen molar-refractivity contribution in [3.63, 3.8) is 0 Å². The van der Waals surface area contributed by atoms with Crippen molar-refractivity contribution in [1.82, 2.24) is 15.2 Å². The molecule has 4 nitrogen and oxygen atoms in total. The molecular weight excluding hydrogens is 190 g/mol. The second kappa shape index (κ2) is 4.13. The summed E-state index contributed by atoms with van der Waals surface area (Å²) >= 11 is 0. The number of pyridine rings is 1. The van der Waals surface area contributed by atoms with Crippen LogP contribution in [-0.4, -0.2) is 22.3 Å². The number of aryl methyl sites for hydroxylation is 1. The lowest BCUT2D eigenvalue weighted by Crippen LogP contribution is -1.93. The van der Waals surface area contributed by atoms with Crippen LogP contribution in [0.4, 0.5) is 0 Å². The standard InChI is InChI=1S/C11H13N3O/c1-3-8-4-10(15-2)11(12-5-8)9-6-13-14-7-9/h4-7H,3H2,1-2H3,(H,13,14). The van der Waals surface area contributed by atoms with Crippen molar-refractivity contribution >= 4 is 0 Å². The summed E-state index contributed by atoms with van der Waals surface area (Å²) in [5.41, 5.74) is 2.93. The van der Waals surface area contributed by atoms with E-state index in [9.17, 15) is 0 Å². The molecule has 0 saturated carbocycles. The van der Waals surface area contributed by atoms with Crippen LogP contribution < -0.4 is 4.74 Å². The molecule has 15 heavy (non-hydrogen) atoms. The third kappa shape index (κ3) is 1.83. The van der Waals surface area contributed by atoms with E-state index in [1.807, 2.05) is 12.3 Å². The summed E-state index contributed by atoms with van der Waals surface area (Å²) < 4.78 is 5.31. The zero-order valence-electron chi connectivity index (χ0n) is 8.82. The molecule has 0 saturated heterocycles. The Bertz CT molecular complexity index is 437. The molecule has 0 radical (unpaired) electrons. The molecule has 0 bridgehead atoms. The van der Waals surface area contributed by atoms with Gasteiger partial charge in [0.25, 0.3) is 0 Å². The molecule has 4 heteroatoms. The molecule has 0 amide bonds. The van der Waals surface area contributed by atoms with Crippen LogP contribution in [0.3, 0.4) is 0 Å². The minimum Gasteiger partial charge on any atom is -0.494 e. The van der Waals surface area contributed by atoms with E-state index in [1.165, 1.54) is 5.56 Å². The fourth-order valence-corrected chi connectivity index (χ4v) is 1.43. The van der Waals surface area contributed by atoms with Gasteiger partial charge < -0.3 is 4.74 Å². The smallest absolute Gasteiger partial charge is 0.145 e. The maximum absolute atomic E-state index is 5.31. The first-order valence-electron chi connectivity index (χ1n) is 4.87. The minimum atomic E-state index is 0.788. The van der Waals surface area contributed by atoms with Crippen molar-refractivity contribution in [3.05, 3.63) is 30.2 Å². The third-order valence-corrected chi connectivity index (χ3v) is 2.31. The van der Waals surface area contributed by atoms with Crippen LogP contribution in [0.25, 0.3) is 11.3 Å². The number of aromatic amines is 1. The van der Waals surface area contributed by atoms with Crippen LogP contribution in [0.1, 0.15) is 12.5 Å². The number of aromatic nitrogens is 3. The zero-order chi connectivity index (χ0) is 10.7. The molecule has 2 aromatic heterocycles. The Morgan fingerprint density at radius 3 is 2.87 bits per heavy atom. The molecule has 0 spiro atoms. The average Bonchev–Trinajstić information content (AvgIpc) is 2.81. The van der Waals surface area contributed by atoms with E-state index in [4.69, 9.17) is 4.74 Å². The zero-order valence-corrected chi connectivity index (χ0v) is 8.82. The van der Waals surface area contributed by atoms with E-state index in [0.29, 0.717) is 0 Å². The Morgan fingerprint density at radius 1 is 1.40 bits per heavy atom. The Morgan fingerprint density at radius 2 is 2.27 bits per heavy atom. The third-order valence-electron chi connectivity index (χ3n) is 2.31. The molecule has 0 unspecified atom stereocenters. The first kappa shape index (κ1) is 9.71. The summed E-state index contributed by atoms with van der Waals surface area (Å²) in [7, 11) is 1.65. The van der Waals surface area contributed by atoms with Gasteiger partial charge in [-0.1, -0.05) is 6.92 Å². The summed E-state index contributed by atoms with van der Waals surface area (Å²) in [5.74, 6) is 0.788. The summed E-state index contributed by atoms with van der Waals surface area (Å²) in [6, 6.07) is 2.01. The molecule has 0 aliphatic carbocycles. The van der Waals surface area contributed by atoms with Gasteiger partial charge in [0.1, 0.15) is 11.4 Å². The van der Waals surface area contributed by atoms with Gasteiger partial charge in [-0.25, -0.2) is 0 Å². The fourth-order valence-electron chi connectivity index (χ4n) is 1.43. The highest BCUT2D eigenvalue weighted by Crippen LogP contribution is 2.27. The molecule has 2 heterocycles. The molecule has 0 fully saturated rings. The van der Waals surface area contributed by atoms with Crippen LogP contribution in [0, 0.1) is 0 Å². The molecule has 2 rings (SSSR count). The maximum Gasteiger partial charge on any atom is 0.145 e. The minimum absolute atomic E-state index is 0.788. The van der Waals surface area contributed by atoms with Gasteiger partial charge in [-0.05, 0) is 18.1 Å². The topological polar surface area (TPSA) is 50.8 Å².